The predicted octanol–water partition coefficient (Wildman–Crippen LogP) is 1.99. The van der Waals surface area contributed by atoms with Gasteiger partial charge in [0.1, 0.15) is 0 Å². The van der Waals surface area contributed by atoms with Crippen LogP contribution in [0.2, 0.25) is 0 Å². The molecule has 0 bridgehead atoms. The fourth-order valence-electron chi connectivity index (χ4n) is 0.862. The van der Waals surface area contributed by atoms with Gasteiger partial charge in [-0.3, -0.25) is 5.41 Å². The van der Waals surface area contributed by atoms with Crippen molar-refractivity contribution in [3.8, 4) is 0 Å². The molecule has 1 unspecified atom stereocenters. The zero-order valence-corrected chi connectivity index (χ0v) is 8.49. The molecule has 1 fully saturated rings. The Morgan fingerprint density at radius 3 is 2.50 bits per heavy atom. The molecule has 0 radical (unpaired) electrons. The average Bonchev–Trinajstić information content (AvgIpc) is 2.40. The fraction of sp³-hybridized carbons (Fsp3) is 0.833. The van der Waals surface area contributed by atoms with Crippen molar-refractivity contribution in [3.63, 3.8) is 0 Å². The molecule has 60 valence electrons. The van der Waals surface area contributed by atoms with Crippen molar-refractivity contribution >= 4 is 33.9 Å². The number of halogens is 1. The molecule has 0 saturated heterocycles. The maximum Gasteiger partial charge on any atom is 0.151 e. The third-order valence-corrected chi connectivity index (χ3v) is 2.61. The van der Waals surface area contributed by atoms with Crippen LogP contribution >= 0.6 is 28.7 Å². The van der Waals surface area contributed by atoms with Crippen LogP contribution in [0.5, 0.6) is 0 Å². The summed E-state index contributed by atoms with van der Waals surface area (Å²) in [5, 5.41) is 7.82. The van der Waals surface area contributed by atoms with E-state index in [1.165, 1.54) is 24.6 Å². The number of thioether (sulfide) groups is 1. The first-order valence-corrected chi connectivity index (χ1v) is 4.09. The van der Waals surface area contributed by atoms with E-state index in [1.807, 2.05) is 0 Å². The van der Waals surface area contributed by atoms with Gasteiger partial charge in [-0.05, 0) is 18.8 Å². The number of hydrogen-bond acceptors (Lipinski definition) is 2. The van der Waals surface area contributed by atoms with Crippen LogP contribution in [-0.2, 0) is 0 Å². The van der Waals surface area contributed by atoms with Crippen LogP contribution < -0.4 is 5.73 Å². The zero-order chi connectivity index (χ0) is 6.85. The second-order valence-electron chi connectivity index (χ2n) is 2.52. The summed E-state index contributed by atoms with van der Waals surface area (Å²) in [6.45, 7) is 2.14. The second kappa shape index (κ2) is 4.23. The second-order valence-corrected chi connectivity index (χ2v) is 3.94. The number of hydrogen-bond donors (Lipinski definition) is 2. The van der Waals surface area contributed by atoms with E-state index in [4.69, 9.17) is 11.1 Å². The van der Waals surface area contributed by atoms with Crippen LogP contribution in [0, 0.1) is 11.3 Å². The molecule has 0 heterocycles. The maximum atomic E-state index is 6.99. The highest BCUT2D eigenvalue weighted by Gasteiger charge is 2.28. The van der Waals surface area contributed by atoms with Gasteiger partial charge in [0, 0.05) is 5.25 Å². The van der Waals surface area contributed by atoms with E-state index in [2.05, 4.69) is 6.92 Å². The Kier molecular flexibility index (Phi) is 4.36. The summed E-state index contributed by atoms with van der Waals surface area (Å²) in [7, 11) is 0. The van der Waals surface area contributed by atoms with E-state index in [9.17, 15) is 0 Å². The molecule has 0 aromatic carbocycles. The van der Waals surface area contributed by atoms with Gasteiger partial charge in [0.2, 0.25) is 0 Å². The Morgan fingerprint density at radius 1 is 1.70 bits per heavy atom. The molecule has 1 aliphatic rings. The van der Waals surface area contributed by atoms with Gasteiger partial charge in [-0.25, -0.2) is 0 Å². The molecule has 1 atom stereocenters. The molecule has 1 rings (SSSR count). The highest BCUT2D eigenvalue weighted by Crippen LogP contribution is 2.38. The summed E-state index contributed by atoms with van der Waals surface area (Å²) in [5.74, 6) is 0.846. The Hall–Kier alpha value is 0.300. The highest BCUT2D eigenvalue weighted by atomic mass is 79.9. The van der Waals surface area contributed by atoms with Crippen molar-refractivity contribution in [1.82, 2.24) is 0 Å². The van der Waals surface area contributed by atoms with Crippen LogP contribution in [0.25, 0.3) is 0 Å². The zero-order valence-electron chi connectivity index (χ0n) is 5.96. The highest BCUT2D eigenvalue weighted by molar-refractivity contribution is 8.93. The van der Waals surface area contributed by atoms with Crippen molar-refractivity contribution in [3.05, 3.63) is 0 Å². The minimum Gasteiger partial charge on any atom is -0.379 e. The van der Waals surface area contributed by atoms with Crippen LogP contribution in [0.15, 0.2) is 0 Å². The summed E-state index contributed by atoms with van der Waals surface area (Å²) >= 11 is 1.49. The molecule has 0 spiro atoms. The quantitative estimate of drug-likeness (QED) is 0.557. The standard InChI is InChI=1S/C6H12N2S.BrH/c1-4(5-2-3-5)9-6(7)8;/h4-5H,2-3H2,1H3,(H3,7,8);1H. The van der Waals surface area contributed by atoms with E-state index >= 15 is 0 Å². The van der Waals surface area contributed by atoms with Crippen molar-refractivity contribution in [2.24, 2.45) is 11.7 Å². The number of nitrogens with two attached hydrogens (primary N) is 1. The molecule has 10 heavy (non-hydrogen) atoms. The summed E-state index contributed by atoms with van der Waals surface area (Å²) in [4.78, 5) is 0. The lowest BCUT2D eigenvalue weighted by Gasteiger charge is -2.05. The molecule has 2 nitrogen and oxygen atoms in total. The van der Waals surface area contributed by atoms with E-state index in [0.717, 1.165) is 5.92 Å². The van der Waals surface area contributed by atoms with Gasteiger partial charge in [0.15, 0.2) is 5.17 Å². The largest absolute Gasteiger partial charge is 0.379 e. The summed E-state index contributed by atoms with van der Waals surface area (Å²) in [5.41, 5.74) is 5.21. The smallest absolute Gasteiger partial charge is 0.151 e. The van der Waals surface area contributed by atoms with Crippen molar-refractivity contribution in [2.75, 3.05) is 0 Å². The molecule has 0 aliphatic heterocycles. The van der Waals surface area contributed by atoms with Gasteiger partial charge < -0.3 is 5.73 Å². The van der Waals surface area contributed by atoms with Crippen LogP contribution in [0.4, 0.5) is 0 Å². The molecule has 4 heteroatoms. The van der Waals surface area contributed by atoms with Gasteiger partial charge in [-0.2, -0.15) is 0 Å². The minimum absolute atomic E-state index is 0. The minimum atomic E-state index is 0. The Balaban J connectivity index is 0.000000810. The first kappa shape index (κ1) is 10.3. The van der Waals surface area contributed by atoms with Gasteiger partial charge in [0.05, 0.1) is 0 Å². The lowest BCUT2D eigenvalue weighted by Crippen LogP contribution is -2.10. The lowest BCUT2D eigenvalue weighted by molar-refractivity contribution is 0.824. The molecule has 0 amide bonds. The molecular formula is C6H13BrN2S. The Labute approximate surface area is 76.2 Å². The third-order valence-electron chi connectivity index (χ3n) is 1.60. The Bertz CT molecular complexity index is 125. The molecule has 0 aromatic heterocycles. The lowest BCUT2D eigenvalue weighted by atomic mass is 10.3. The van der Waals surface area contributed by atoms with Gasteiger partial charge >= 0.3 is 0 Å². The molecule has 0 aromatic rings. The average molecular weight is 225 g/mol. The van der Waals surface area contributed by atoms with Gasteiger partial charge in [-0.15, -0.1) is 17.0 Å². The van der Waals surface area contributed by atoms with E-state index in [1.54, 1.807) is 0 Å². The topological polar surface area (TPSA) is 49.9 Å². The normalized spacial score (nSPS) is 19.3. The van der Waals surface area contributed by atoms with Crippen molar-refractivity contribution in [1.29, 1.82) is 5.41 Å². The van der Waals surface area contributed by atoms with E-state index in [-0.39, 0.29) is 22.1 Å². The number of amidine groups is 1. The van der Waals surface area contributed by atoms with Crippen LogP contribution in [-0.4, -0.2) is 10.4 Å². The first-order chi connectivity index (χ1) is 4.20. The van der Waals surface area contributed by atoms with Crippen molar-refractivity contribution < 1.29 is 0 Å². The van der Waals surface area contributed by atoms with Crippen LogP contribution in [0.3, 0.4) is 0 Å². The summed E-state index contributed by atoms with van der Waals surface area (Å²) in [6.07, 6.45) is 2.67. The maximum absolute atomic E-state index is 6.99. The molecule has 3 N–H and O–H groups in total. The molecule has 1 aliphatic carbocycles. The molecular weight excluding hydrogens is 212 g/mol. The van der Waals surface area contributed by atoms with E-state index in [0.29, 0.717) is 5.25 Å². The fourth-order valence-corrected chi connectivity index (χ4v) is 1.73. The monoisotopic (exact) mass is 224 g/mol. The summed E-state index contributed by atoms with van der Waals surface area (Å²) in [6, 6.07) is 0. The first-order valence-electron chi connectivity index (χ1n) is 3.21. The SMILES string of the molecule is Br.CC(SC(=N)N)C1CC1. The van der Waals surface area contributed by atoms with Gasteiger partial charge in [0.25, 0.3) is 0 Å². The number of nitrogens with one attached hydrogen (secondary N) is 1. The molecule has 1 saturated carbocycles. The van der Waals surface area contributed by atoms with Crippen molar-refractivity contribution in [2.45, 2.75) is 25.0 Å². The number of rotatable bonds is 2. The summed E-state index contributed by atoms with van der Waals surface area (Å²) < 4.78 is 0. The predicted molar refractivity (Wildman–Crippen MR) is 52.0 cm³/mol. The Morgan fingerprint density at radius 2 is 2.20 bits per heavy atom. The van der Waals surface area contributed by atoms with Crippen LogP contribution in [0.1, 0.15) is 19.8 Å². The third kappa shape index (κ3) is 3.46. The van der Waals surface area contributed by atoms with E-state index < -0.39 is 0 Å². The van der Waals surface area contributed by atoms with Gasteiger partial charge in [-0.1, -0.05) is 18.7 Å².